The fraction of sp³-hybridized carbons (Fsp3) is 0.781. The third kappa shape index (κ3) is 6.38. The molecule has 0 heterocycles. The molecule has 8 unspecified atom stereocenters. The van der Waals surface area contributed by atoms with E-state index >= 15 is 0 Å². The van der Waals surface area contributed by atoms with Crippen LogP contribution in [0.3, 0.4) is 0 Å². The minimum Gasteiger partial charge on any atom is -0.480 e. The third-order valence-electron chi connectivity index (χ3n) is 11.1. The Morgan fingerprint density at radius 3 is 2.51 bits per heavy atom. The topological polar surface area (TPSA) is 134 Å². The third-order valence-corrected chi connectivity index (χ3v) is 11.1. The van der Waals surface area contributed by atoms with Crippen LogP contribution in [0.2, 0.25) is 0 Å². The second-order valence-corrected chi connectivity index (χ2v) is 13.5. The number of carbonyl (C=O) groups is 4. The van der Waals surface area contributed by atoms with E-state index < -0.39 is 29.9 Å². The number of fused-ring (bicyclic) bond motifs is 5. The van der Waals surface area contributed by atoms with Crippen molar-refractivity contribution in [3.63, 3.8) is 0 Å². The molecule has 0 radical (unpaired) electrons. The molecule has 4 aliphatic rings. The van der Waals surface area contributed by atoms with Crippen LogP contribution in [0.1, 0.15) is 105 Å². The summed E-state index contributed by atoms with van der Waals surface area (Å²) in [6.07, 6.45) is 12.6. The number of nitrogens with zero attached hydrogens (tertiary/aromatic N) is 1. The number of carboxylic acid groups (broad SMARTS) is 1. The molecule has 0 spiro atoms. The van der Waals surface area contributed by atoms with Crippen LogP contribution in [0.15, 0.2) is 16.8 Å². The first-order valence-electron chi connectivity index (χ1n) is 15.6. The molecule has 3 fully saturated rings. The number of rotatable bonds is 11. The molecule has 3 N–H and O–H groups in total. The number of hydrogen-bond acceptors (Lipinski definition) is 6. The van der Waals surface area contributed by atoms with Crippen molar-refractivity contribution in [3.05, 3.63) is 11.6 Å². The predicted molar refractivity (Wildman–Crippen MR) is 156 cm³/mol. The molecule has 0 aromatic carbocycles. The Morgan fingerprint density at radius 1 is 1.07 bits per heavy atom. The molecule has 41 heavy (non-hydrogen) atoms. The second-order valence-electron chi connectivity index (χ2n) is 13.5. The fourth-order valence-corrected chi connectivity index (χ4v) is 8.80. The van der Waals surface area contributed by atoms with Crippen LogP contribution in [0.4, 0.5) is 0 Å². The number of amides is 2. The summed E-state index contributed by atoms with van der Waals surface area (Å²) in [6, 6.07) is -1.86. The fourth-order valence-electron chi connectivity index (χ4n) is 8.80. The monoisotopic (exact) mass is 571 g/mol. The predicted octanol–water partition coefficient (Wildman–Crippen LogP) is 4.79. The van der Waals surface area contributed by atoms with Gasteiger partial charge in [-0.3, -0.25) is 14.4 Å². The molecule has 4 aliphatic carbocycles. The number of ketones is 1. The summed E-state index contributed by atoms with van der Waals surface area (Å²) in [5.41, 5.74) is 2.57. The van der Waals surface area contributed by atoms with Gasteiger partial charge in [0, 0.05) is 5.92 Å². The van der Waals surface area contributed by atoms with Crippen LogP contribution in [-0.4, -0.2) is 53.1 Å². The van der Waals surface area contributed by atoms with Crippen molar-refractivity contribution in [1.29, 1.82) is 0 Å². The van der Waals surface area contributed by atoms with Gasteiger partial charge < -0.3 is 20.6 Å². The summed E-state index contributed by atoms with van der Waals surface area (Å²) in [6.45, 7) is 9.73. The van der Waals surface area contributed by atoms with Gasteiger partial charge in [-0.15, -0.1) is 0 Å². The van der Waals surface area contributed by atoms with Gasteiger partial charge in [-0.2, -0.15) is 0 Å². The first kappa shape index (κ1) is 31.2. The van der Waals surface area contributed by atoms with E-state index in [1.165, 1.54) is 25.3 Å². The lowest BCUT2D eigenvalue weighted by Gasteiger charge is -2.58. The van der Waals surface area contributed by atoms with E-state index in [2.05, 4.69) is 35.7 Å². The highest BCUT2D eigenvalue weighted by Crippen LogP contribution is 2.66. The van der Waals surface area contributed by atoms with E-state index in [0.717, 1.165) is 50.7 Å². The molecule has 9 heteroatoms. The van der Waals surface area contributed by atoms with Crippen LogP contribution in [0.5, 0.6) is 0 Å². The highest BCUT2D eigenvalue weighted by Gasteiger charge is 2.59. The molecule has 228 valence electrons. The van der Waals surface area contributed by atoms with E-state index in [-0.39, 0.29) is 23.4 Å². The Balaban J connectivity index is 1.30. The SMILES string of the molecule is CCCCC(NC(=O)C(C)NC(=O)CON=C1C=C2CCC3C(CCC4(C)C(C(C)=O)CCC34)C2(C)CC1)C(=O)O. The Kier molecular flexibility index (Phi) is 9.64. The van der Waals surface area contributed by atoms with Crippen molar-refractivity contribution in [2.45, 2.75) is 117 Å². The van der Waals surface area contributed by atoms with Gasteiger partial charge in [0.15, 0.2) is 6.61 Å². The molecule has 2 amide bonds. The van der Waals surface area contributed by atoms with Gasteiger partial charge in [0.2, 0.25) is 5.91 Å². The van der Waals surface area contributed by atoms with Gasteiger partial charge in [0.1, 0.15) is 17.9 Å². The summed E-state index contributed by atoms with van der Waals surface area (Å²) in [5.74, 6) is 0.427. The quantitative estimate of drug-likeness (QED) is 0.305. The van der Waals surface area contributed by atoms with E-state index in [0.29, 0.717) is 36.4 Å². The highest BCUT2D eigenvalue weighted by atomic mass is 16.6. The summed E-state index contributed by atoms with van der Waals surface area (Å²) < 4.78 is 0. The van der Waals surface area contributed by atoms with E-state index in [4.69, 9.17) is 4.84 Å². The van der Waals surface area contributed by atoms with Gasteiger partial charge in [-0.05, 0) is 106 Å². The van der Waals surface area contributed by atoms with Crippen molar-refractivity contribution in [2.24, 2.45) is 39.7 Å². The molecular formula is C32H49N3O6. The maximum absolute atomic E-state index is 12.4. The molecule has 9 nitrogen and oxygen atoms in total. The van der Waals surface area contributed by atoms with Crippen LogP contribution >= 0.6 is 0 Å². The Hall–Kier alpha value is -2.71. The molecule has 8 atom stereocenters. The number of unbranched alkanes of at least 4 members (excludes halogenated alkanes) is 1. The smallest absolute Gasteiger partial charge is 0.326 e. The van der Waals surface area contributed by atoms with Crippen LogP contribution < -0.4 is 10.6 Å². The normalized spacial score (nSPS) is 34.8. The van der Waals surface area contributed by atoms with Gasteiger partial charge in [-0.1, -0.05) is 44.3 Å². The number of nitrogens with one attached hydrogen (secondary N) is 2. The Morgan fingerprint density at radius 2 is 1.83 bits per heavy atom. The lowest BCUT2D eigenvalue weighted by molar-refractivity contribution is -0.142. The largest absolute Gasteiger partial charge is 0.480 e. The number of allylic oxidation sites excluding steroid dienone is 2. The summed E-state index contributed by atoms with van der Waals surface area (Å²) >= 11 is 0. The Labute approximate surface area is 244 Å². The van der Waals surface area contributed by atoms with E-state index in [1.54, 1.807) is 6.92 Å². The molecule has 0 aromatic heterocycles. The zero-order valence-corrected chi connectivity index (χ0v) is 25.5. The maximum Gasteiger partial charge on any atom is 0.326 e. The molecule has 4 rings (SSSR count). The van der Waals surface area contributed by atoms with Gasteiger partial charge in [0.25, 0.3) is 5.91 Å². The highest BCUT2D eigenvalue weighted by molar-refractivity contribution is 5.96. The molecule has 0 saturated heterocycles. The van der Waals surface area contributed by atoms with Crippen LogP contribution in [-0.2, 0) is 24.0 Å². The summed E-state index contributed by atoms with van der Waals surface area (Å²) in [4.78, 5) is 53.9. The number of aliphatic carboxylic acids is 1. The van der Waals surface area contributed by atoms with Crippen molar-refractivity contribution < 1.29 is 29.1 Å². The summed E-state index contributed by atoms with van der Waals surface area (Å²) in [5, 5.41) is 18.6. The average molecular weight is 572 g/mol. The van der Waals surface area contributed by atoms with Crippen molar-refractivity contribution in [3.8, 4) is 0 Å². The maximum atomic E-state index is 12.4. The first-order chi connectivity index (χ1) is 19.4. The minimum absolute atomic E-state index is 0.142. The number of hydrogen-bond donors (Lipinski definition) is 3. The number of carboxylic acids is 1. The first-order valence-corrected chi connectivity index (χ1v) is 15.6. The zero-order valence-electron chi connectivity index (χ0n) is 25.5. The van der Waals surface area contributed by atoms with Gasteiger partial charge >= 0.3 is 5.97 Å². The van der Waals surface area contributed by atoms with Crippen molar-refractivity contribution in [2.75, 3.05) is 6.61 Å². The average Bonchev–Trinajstić information content (AvgIpc) is 3.28. The zero-order chi connectivity index (χ0) is 29.9. The second kappa shape index (κ2) is 12.7. The number of carbonyl (C=O) groups excluding carboxylic acids is 3. The molecule has 0 aliphatic heterocycles. The van der Waals surface area contributed by atoms with E-state index in [1.807, 2.05) is 6.92 Å². The standard InChI is InChI=1S/C32H49N3O6/c1-6-7-8-27(30(39)40)34-29(38)19(2)33-28(37)18-41-35-22-13-15-31(4)21(17-22)9-10-23-25-12-11-24(20(3)36)32(25,5)16-14-26(23)31/h17,19,23-27H,6-16,18H2,1-5H3,(H,33,37)(H,34,38)(H,39,40). The van der Waals surface area contributed by atoms with Gasteiger partial charge in [0.05, 0.1) is 5.71 Å². The molecule has 3 saturated carbocycles. The number of Topliss-reactive ketones (excluding diaryl/α,β-unsaturated/α-hetero) is 1. The van der Waals surface area contributed by atoms with Gasteiger partial charge in [-0.25, -0.2) is 4.79 Å². The lowest BCUT2D eigenvalue weighted by Crippen LogP contribution is -2.51. The molecular weight excluding hydrogens is 522 g/mol. The summed E-state index contributed by atoms with van der Waals surface area (Å²) in [7, 11) is 0. The van der Waals surface area contributed by atoms with Crippen LogP contribution in [0, 0.1) is 34.5 Å². The lowest BCUT2D eigenvalue weighted by atomic mass is 9.46. The minimum atomic E-state index is -1.09. The molecule has 0 aromatic rings. The number of oxime groups is 1. The van der Waals surface area contributed by atoms with E-state index in [9.17, 15) is 24.3 Å². The van der Waals surface area contributed by atoms with Crippen LogP contribution in [0.25, 0.3) is 0 Å². The van der Waals surface area contributed by atoms with Crippen molar-refractivity contribution in [1.82, 2.24) is 10.6 Å². The van der Waals surface area contributed by atoms with Crippen molar-refractivity contribution >= 4 is 29.3 Å². The molecule has 0 bridgehead atoms. The Bertz CT molecular complexity index is 1100.